The molecule has 4 rings (SSSR count). The summed E-state index contributed by atoms with van der Waals surface area (Å²) in [6, 6.07) is 4.18. The van der Waals surface area contributed by atoms with Gasteiger partial charge >= 0.3 is 0 Å². The first-order valence-electron chi connectivity index (χ1n) is 8.09. The fraction of sp³-hybridized carbons (Fsp3) is 0.353. The van der Waals surface area contributed by atoms with Crippen molar-refractivity contribution < 1.29 is 0 Å². The van der Waals surface area contributed by atoms with Crippen LogP contribution in [0.2, 0.25) is 0 Å². The third kappa shape index (κ3) is 3.37. The SMILES string of the molecule is Cc1cnc(Nc2ccns2)nc1-c1cnn(CC2(CC#N)CC2)c1. The minimum atomic E-state index is 0.123. The predicted octanol–water partition coefficient (Wildman–Crippen LogP) is 3.54. The van der Waals surface area contributed by atoms with Gasteiger partial charge in [0.05, 0.1) is 18.0 Å². The van der Waals surface area contributed by atoms with Gasteiger partial charge in [-0.05, 0) is 42.9 Å². The first kappa shape index (κ1) is 15.7. The number of aryl methyl sites for hydroxylation is 1. The van der Waals surface area contributed by atoms with Gasteiger partial charge in [-0.3, -0.25) is 4.68 Å². The maximum absolute atomic E-state index is 8.97. The first-order chi connectivity index (χ1) is 12.2. The molecule has 1 saturated carbocycles. The number of aromatic nitrogens is 5. The lowest BCUT2D eigenvalue weighted by Crippen LogP contribution is -2.11. The van der Waals surface area contributed by atoms with Crippen LogP contribution in [0.15, 0.2) is 30.9 Å². The molecule has 0 saturated heterocycles. The van der Waals surface area contributed by atoms with Crippen LogP contribution in [0.25, 0.3) is 11.3 Å². The average molecular weight is 351 g/mol. The fourth-order valence-electron chi connectivity index (χ4n) is 2.84. The Morgan fingerprint density at radius 2 is 2.28 bits per heavy atom. The van der Waals surface area contributed by atoms with Crippen molar-refractivity contribution in [1.82, 2.24) is 24.1 Å². The van der Waals surface area contributed by atoms with E-state index < -0.39 is 0 Å². The van der Waals surface area contributed by atoms with Crippen LogP contribution in [0.3, 0.4) is 0 Å². The van der Waals surface area contributed by atoms with E-state index in [1.807, 2.05) is 30.1 Å². The van der Waals surface area contributed by atoms with E-state index >= 15 is 0 Å². The molecule has 1 fully saturated rings. The Labute approximate surface area is 149 Å². The second-order valence-electron chi connectivity index (χ2n) is 6.49. The molecule has 0 unspecified atom stereocenters. The number of rotatable bonds is 6. The molecular formula is C17H17N7S. The van der Waals surface area contributed by atoms with E-state index in [1.165, 1.54) is 11.5 Å². The molecule has 0 amide bonds. The minimum absolute atomic E-state index is 0.123. The first-order valence-corrected chi connectivity index (χ1v) is 8.86. The summed E-state index contributed by atoms with van der Waals surface area (Å²) in [5.74, 6) is 0.542. The van der Waals surface area contributed by atoms with E-state index in [0.717, 1.165) is 41.2 Å². The molecule has 1 N–H and O–H groups in total. The molecular weight excluding hydrogens is 334 g/mol. The van der Waals surface area contributed by atoms with Crippen molar-refractivity contribution in [2.75, 3.05) is 5.32 Å². The van der Waals surface area contributed by atoms with Crippen molar-refractivity contribution in [1.29, 1.82) is 5.26 Å². The Morgan fingerprint density at radius 3 is 3.00 bits per heavy atom. The van der Waals surface area contributed by atoms with Crippen molar-refractivity contribution in [3.05, 3.63) is 36.4 Å². The summed E-state index contributed by atoms with van der Waals surface area (Å²) in [7, 11) is 0. The van der Waals surface area contributed by atoms with E-state index in [0.29, 0.717) is 12.4 Å². The highest BCUT2D eigenvalue weighted by Crippen LogP contribution is 2.49. The molecule has 3 aromatic rings. The summed E-state index contributed by atoms with van der Waals surface area (Å²) in [4.78, 5) is 8.96. The number of hydrogen-bond acceptors (Lipinski definition) is 7. The van der Waals surface area contributed by atoms with Gasteiger partial charge in [-0.2, -0.15) is 14.7 Å². The number of anilines is 2. The van der Waals surface area contributed by atoms with Crippen LogP contribution in [0.4, 0.5) is 10.9 Å². The zero-order valence-electron chi connectivity index (χ0n) is 13.8. The van der Waals surface area contributed by atoms with Crippen molar-refractivity contribution in [3.8, 4) is 17.3 Å². The maximum atomic E-state index is 8.97. The third-order valence-corrected chi connectivity index (χ3v) is 5.12. The number of hydrogen-bond donors (Lipinski definition) is 1. The highest BCUT2D eigenvalue weighted by atomic mass is 32.1. The van der Waals surface area contributed by atoms with Gasteiger partial charge in [0.1, 0.15) is 5.00 Å². The van der Waals surface area contributed by atoms with Crippen LogP contribution in [-0.2, 0) is 6.54 Å². The van der Waals surface area contributed by atoms with E-state index in [9.17, 15) is 0 Å². The van der Waals surface area contributed by atoms with E-state index in [-0.39, 0.29) is 5.41 Å². The van der Waals surface area contributed by atoms with Gasteiger partial charge in [0.2, 0.25) is 5.95 Å². The summed E-state index contributed by atoms with van der Waals surface area (Å²) in [6.45, 7) is 2.78. The molecule has 3 heterocycles. The van der Waals surface area contributed by atoms with Gasteiger partial charge in [0.15, 0.2) is 0 Å². The lowest BCUT2D eigenvalue weighted by Gasteiger charge is -2.10. The normalized spacial score (nSPS) is 14.9. The lowest BCUT2D eigenvalue weighted by molar-refractivity contribution is 0.405. The zero-order valence-corrected chi connectivity index (χ0v) is 14.6. The lowest BCUT2D eigenvalue weighted by atomic mass is 10.0. The highest BCUT2D eigenvalue weighted by Gasteiger charge is 2.42. The van der Waals surface area contributed by atoms with E-state index in [2.05, 4.69) is 30.8 Å². The molecule has 7 nitrogen and oxygen atoms in total. The standard InChI is InChI=1S/C17H17N7S/c1-12-8-19-16(22-14-2-7-21-25-14)23-15(12)13-9-20-24(10-13)11-17(3-4-17)5-6-18/h2,7-10H,3-5,11H2,1H3,(H,19,22,23). The Morgan fingerprint density at radius 1 is 1.40 bits per heavy atom. The van der Waals surface area contributed by atoms with Gasteiger partial charge in [0.25, 0.3) is 0 Å². The van der Waals surface area contributed by atoms with Crippen LogP contribution in [0, 0.1) is 23.7 Å². The second kappa shape index (κ2) is 6.26. The largest absolute Gasteiger partial charge is 0.314 e. The van der Waals surface area contributed by atoms with Gasteiger partial charge in [0, 0.05) is 42.5 Å². The predicted molar refractivity (Wildman–Crippen MR) is 95.3 cm³/mol. The average Bonchev–Trinajstić information content (AvgIpc) is 3.00. The van der Waals surface area contributed by atoms with Gasteiger partial charge in [-0.25, -0.2) is 9.97 Å². The maximum Gasteiger partial charge on any atom is 0.228 e. The molecule has 0 aliphatic heterocycles. The van der Waals surface area contributed by atoms with Crippen molar-refractivity contribution in [2.24, 2.45) is 5.41 Å². The van der Waals surface area contributed by atoms with Crippen LogP contribution in [0.5, 0.6) is 0 Å². The molecule has 1 aliphatic rings. The van der Waals surface area contributed by atoms with Gasteiger partial charge in [-0.15, -0.1) is 0 Å². The summed E-state index contributed by atoms with van der Waals surface area (Å²) in [6.07, 6.45) is 10.2. The summed E-state index contributed by atoms with van der Waals surface area (Å²) >= 11 is 1.36. The van der Waals surface area contributed by atoms with Crippen LogP contribution in [-0.4, -0.2) is 24.1 Å². The van der Waals surface area contributed by atoms with Crippen LogP contribution >= 0.6 is 11.5 Å². The molecule has 1 aliphatic carbocycles. The third-order valence-electron chi connectivity index (χ3n) is 4.46. The highest BCUT2D eigenvalue weighted by molar-refractivity contribution is 7.10. The summed E-state index contributed by atoms with van der Waals surface area (Å²) < 4.78 is 5.99. The van der Waals surface area contributed by atoms with E-state index in [4.69, 9.17) is 5.26 Å². The van der Waals surface area contributed by atoms with Crippen molar-refractivity contribution in [2.45, 2.75) is 32.7 Å². The Kier molecular flexibility index (Phi) is 3.93. The number of nitriles is 1. The zero-order chi connectivity index (χ0) is 17.3. The summed E-state index contributed by atoms with van der Waals surface area (Å²) in [5.41, 5.74) is 2.93. The summed E-state index contributed by atoms with van der Waals surface area (Å²) in [5, 5.41) is 17.5. The molecule has 3 aromatic heterocycles. The monoisotopic (exact) mass is 351 g/mol. The van der Waals surface area contributed by atoms with Gasteiger partial charge < -0.3 is 5.32 Å². The molecule has 0 bridgehead atoms. The Hall–Kier alpha value is -2.79. The minimum Gasteiger partial charge on any atom is -0.314 e. The molecule has 8 heteroatoms. The topological polar surface area (TPSA) is 92.3 Å². The molecule has 0 radical (unpaired) electrons. The van der Waals surface area contributed by atoms with Crippen LogP contribution in [0.1, 0.15) is 24.8 Å². The second-order valence-corrected chi connectivity index (χ2v) is 7.32. The Balaban J connectivity index is 1.56. The quantitative estimate of drug-likeness (QED) is 0.730. The molecule has 126 valence electrons. The molecule has 0 spiro atoms. The smallest absolute Gasteiger partial charge is 0.228 e. The Bertz CT molecular complexity index is 919. The molecule has 0 aromatic carbocycles. The molecule has 0 atom stereocenters. The van der Waals surface area contributed by atoms with Crippen molar-refractivity contribution in [3.63, 3.8) is 0 Å². The van der Waals surface area contributed by atoms with Gasteiger partial charge in [-0.1, -0.05) is 0 Å². The fourth-order valence-corrected chi connectivity index (χ4v) is 3.33. The number of nitrogens with zero attached hydrogens (tertiary/aromatic N) is 6. The number of nitrogens with one attached hydrogen (secondary N) is 1. The van der Waals surface area contributed by atoms with E-state index in [1.54, 1.807) is 12.4 Å². The molecule has 25 heavy (non-hydrogen) atoms. The van der Waals surface area contributed by atoms with Crippen molar-refractivity contribution >= 4 is 22.5 Å². The van der Waals surface area contributed by atoms with Crippen LogP contribution < -0.4 is 5.32 Å².